The third kappa shape index (κ3) is 5.07. The van der Waals surface area contributed by atoms with Crippen molar-refractivity contribution in [2.24, 2.45) is 5.92 Å². The summed E-state index contributed by atoms with van der Waals surface area (Å²) in [7, 11) is 0. The molecule has 4 aromatic rings. The van der Waals surface area contributed by atoms with Gasteiger partial charge in [0.1, 0.15) is 11.2 Å². The zero-order valence-electron chi connectivity index (χ0n) is 19.0. The fraction of sp³-hybridized carbons (Fsp3) is 0.375. The molecule has 4 heterocycles. The number of nitrogens with one attached hydrogen (secondary N) is 2. The van der Waals surface area contributed by atoms with Crippen molar-refractivity contribution in [1.82, 2.24) is 29.6 Å². The number of piperidine rings is 1. The minimum atomic E-state index is -0.265. The Kier molecular flexibility index (Phi) is 6.50. The highest BCUT2D eigenvalue weighted by Crippen LogP contribution is 2.21. The Bertz CT molecular complexity index is 1340. The molecule has 176 valence electrons. The lowest BCUT2D eigenvalue weighted by Crippen LogP contribution is -2.32. The van der Waals surface area contributed by atoms with Crippen LogP contribution in [0.2, 0.25) is 0 Å². The van der Waals surface area contributed by atoms with Crippen LogP contribution in [-0.4, -0.2) is 48.6 Å². The number of amides is 1. The van der Waals surface area contributed by atoms with E-state index in [1.165, 1.54) is 30.4 Å². The van der Waals surface area contributed by atoms with Gasteiger partial charge in [-0.1, -0.05) is 25.1 Å². The molecule has 1 aliphatic rings. The van der Waals surface area contributed by atoms with Crippen molar-refractivity contribution in [3.8, 4) is 5.69 Å². The highest BCUT2D eigenvalue weighted by molar-refractivity contribution is 7.13. The molecule has 34 heavy (non-hydrogen) atoms. The summed E-state index contributed by atoms with van der Waals surface area (Å²) in [6.07, 6.45) is 4.45. The molecule has 0 unspecified atom stereocenters. The van der Waals surface area contributed by atoms with E-state index in [2.05, 4.69) is 37.2 Å². The number of aromatic amines is 1. The highest BCUT2D eigenvalue weighted by atomic mass is 32.1. The highest BCUT2D eigenvalue weighted by Gasteiger charge is 2.17. The van der Waals surface area contributed by atoms with Gasteiger partial charge in [0.05, 0.1) is 17.6 Å². The third-order valence-corrected chi connectivity index (χ3v) is 6.94. The summed E-state index contributed by atoms with van der Waals surface area (Å²) in [5, 5.41) is 10.2. The first kappa shape index (κ1) is 22.4. The number of thiazole rings is 1. The number of para-hydroxylation sites is 1. The van der Waals surface area contributed by atoms with Crippen LogP contribution in [-0.2, 0) is 17.8 Å². The van der Waals surface area contributed by atoms with Gasteiger partial charge in [0.2, 0.25) is 5.91 Å². The van der Waals surface area contributed by atoms with E-state index in [1.54, 1.807) is 4.68 Å². The van der Waals surface area contributed by atoms with E-state index in [0.717, 1.165) is 36.9 Å². The molecule has 10 heteroatoms. The van der Waals surface area contributed by atoms with E-state index >= 15 is 0 Å². The van der Waals surface area contributed by atoms with Crippen molar-refractivity contribution in [3.05, 3.63) is 63.8 Å². The number of H-pyrrole nitrogens is 1. The van der Waals surface area contributed by atoms with Crippen LogP contribution in [0.25, 0.3) is 16.7 Å². The second kappa shape index (κ2) is 9.86. The van der Waals surface area contributed by atoms with E-state index in [0.29, 0.717) is 28.4 Å². The molecule has 0 bridgehead atoms. The van der Waals surface area contributed by atoms with Gasteiger partial charge < -0.3 is 10.3 Å². The van der Waals surface area contributed by atoms with Gasteiger partial charge in [-0.25, -0.2) is 14.6 Å². The Hall–Kier alpha value is -3.37. The number of carbonyl (C=O) groups excluding carboxylic acids is 1. The molecule has 1 aromatic carbocycles. The van der Waals surface area contributed by atoms with Crippen molar-refractivity contribution in [1.29, 1.82) is 0 Å². The molecule has 5 rings (SSSR count). The summed E-state index contributed by atoms with van der Waals surface area (Å²) in [4.78, 5) is 39.3. The van der Waals surface area contributed by atoms with Crippen molar-refractivity contribution in [3.63, 3.8) is 0 Å². The number of carbonyl (C=O) groups is 1. The van der Waals surface area contributed by atoms with E-state index in [-0.39, 0.29) is 17.9 Å². The zero-order valence-corrected chi connectivity index (χ0v) is 19.8. The van der Waals surface area contributed by atoms with Gasteiger partial charge in [0, 0.05) is 24.8 Å². The molecule has 1 aliphatic heterocycles. The number of hydrogen-bond donors (Lipinski definition) is 2. The number of likely N-dealkylation sites (tertiary alicyclic amines) is 1. The number of aryl methyl sites for hydroxylation is 1. The van der Waals surface area contributed by atoms with Crippen LogP contribution in [0, 0.1) is 5.92 Å². The van der Waals surface area contributed by atoms with Crippen molar-refractivity contribution < 1.29 is 4.79 Å². The summed E-state index contributed by atoms with van der Waals surface area (Å²) in [6.45, 7) is 5.31. The van der Waals surface area contributed by atoms with E-state index in [9.17, 15) is 9.59 Å². The Morgan fingerprint density at radius 2 is 2.00 bits per heavy atom. The monoisotopic (exact) mass is 477 g/mol. The largest absolute Gasteiger partial charge is 0.310 e. The second-order valence-electron chi connectivity index (χ2n) is 8.79. The van der Waals surface area contributed by atoms with E-state index in [1.807, 2.05) is 35.7 Å². The van der Waals surface area contributed by atoms with Gasteiger partial charge in [-0.2, -0.15) is 5.10 Å². The molecule has 2 N–H and O–H groups in total. The number of anilines is 1. The van der Waals surface area contributed by atoms with Crippen LogP contribution in [0.15, 0.2) is 46.7 Å². The molecule has 9 nitrogen and oxygen atoms in total. The average Bonchev–Trinajstić information content (AvgIpc) is 3.47. The second-order valence-corrected chi connectivity index (χ2v) is 9.65. The smallest absolute Gasteiger partial charge is 0.262 e. The zero-order chi connectivity index (χ0) is 23.5. The molecule has 0 spiro atoms. The van der Waals surface area contributed by atoms with Crippen LogP contribution in [0.1, 0.15) is 37.7 Å². The Balaban J connectivity index is 1.21. The number of rotatable bonds is 7. The number of fused-ring (bicyclic) bond motifs is 1. The van der Waals surface area contributed by atoms with Gasteiger partial charge in [-0.05, 0) is 44.0 Å². The predicted octanol–water partition coefficient (Wildman–Crippen LogP) is 3.37. The van der Waals surface area contributed by atoms with Gasteiger partial charge in [0.25, 0.3) is 5.56 Å². The normalized spacial score (nSPS) is 15.1. The fourth-order valence-electron chi connectivity index (χ4n) is 4.14. The minimum absolute atomic E-state index is 0.160. The maximum absolute atomic E-state index is 12.5. The van der Waals surface area contributed by atoms with Crippen LogP contribution < -0.4 is 10.9 Å². The summed E-state index contributed by atoms with van der Waals surface area (Å²) in [5.41, 5.74) is 2.01. The first-order valence-corrected chi connectivity index (χ1v) is 12.4. The minimum Gasteiger partial charge on any atom is -0.310 e. The van der Waals surface area contributed by atoms with E-state index < -0.39 is 0 Å². The van der Waals surface area contributed by atoms with Crippen molar-refractivity contribution in [2.45, 2.75) is 39.2 Å². The Morgan fingerprint density at radius 3 is 2.79 bits per heavy atom. The molecule has 1 saturated heterocycles. The van der Waals surface area contributed by atoms with Gasteiger partial charge in [0.15, 0.2) is 10.8 Å². The first-order chi connectivity index (χ1) is 16.5. The van der Waals surface area contributed by atoms with Crippen LogP contribution in [0.5, 0.6) is 0 Å². The average molecular weight is 478 g/mol. The van der Waals surface area contributed by atoms with Crippen LogP contribution >= 0.6 is 11.3 Å². The van der Waals surface area contributed by atoms with Crippen LogP contribution in [0.3, 0.4) is 0 Å². The first-order valence-electron chi connectivity index (χ1n) is 11.5. The van der Waals surface area contributed by atoms with Crippen molar-refractivity contribution in [2.75, 3.05) is 18.4 Å². The topological polar surface area (TPSA) is 109 Å². The lowest BCUT2D eigenvalue weighted by Gasteiger charge is -2.29. The summed E-state index contributed by atoms with van der Waals surface area (Å²) < 4.78 is 1.63. The van der Waals surface area contributed by atoms with Crippen molar-refractivity contribution >= 4 is 33.4 Å². The Labute approximate surface area is 200 Å². The molecule has 3 aromatic heterocycles. The Morgan fingerprint density at radius 1 is 1.21 bits per heavy atom. The number of aromatic nitrogens is 5. The predicted molar refractivity (Wildman–Crippen MR) is 132 cm³/mol. The summed E-state index contributed by atoms with van der Waals surface area (Å²) in [6, 6.07) is 9.52. The number of benzene rings is 1. The molecular weight excluding hydrogens is 450 g/mol. The van der Waals surface area contributed by atoms with Gasteiger partial charge in [-0.15, -0.1) is 11.3 Å². The summed E-state index contributed by atoms with van der Waals surface area (Å²) >= 11 is 1.44. The molecule has 0 saturated carbocycles. The summed E-state index contributed by atoms with van der Waals surface area (Å²) in [5.74, 6) is 1.09. The molecule has 1 amide bonds. The fourth-order valence-corrected chi connectivity index (χ4v) is 4.86. The lowest BCUT2D eigenvalue weighted by atomic mass is 9.99. The molecular formula is C24H27N7O2S. The third-order valence-electron chi connectivity index (χ3n) is 6.14. The quantitative estimate of drug-likeness (QED) is 0.422. The maximum Gasteiger partial charge on any atom is 0.262 e. The molecule has 0 atom stereocenters. The molecule has 0 radical (unpaired) electrons. The van der Waals surface area contributed by atoms with Gasteiger partial charge >= 0.3 is 0 Å². The molecule has 1 fully saturated rings. The lowest BCUT2D eigenvalue weighted by molar-refractivity contribution is -0.116. The standard InChI is InChI=1S/C24H27N7O2S/c1-16-9-11-30(12-10-16)14-17-15-34-24(26-17)29-21(32)8-7-20-27-22-19(23(33)28-20)13-25-31(22)18-5-3-2-4-6-18/h2-6,13,15-16H,7-12,14H2,1H3,(H,26,29,32)(H,27,28,33). The number of nitrogens with zero attached hydrogens (tertiary/aromatic N) is 5. The van der Waals surface area contributed by atoms with E-state index in [4.69, 9.17) is 0 Å². The van der Waals surface area contributed by atoms with Crippen LogP contribution in [0.4, 0.5) is 5.13 Å². The molecule has 0 aliphatic carbocycles. The van der Waals surface area contributed by atoms with Gasteiger partial charge in [-0.3, -0.25) is 14.5 Å². The maximum atomic E-state index is 12.5. The SMILES string of the molecule is CC1CCN(Cc2csc(NC(=O)CCc3nc4c(cnn4-c4ccccc4)c(=O)[nH]3)n2)CC1. The number of hydrogen-bond acceptors (Lipinski definition) is 7.